The number of hydrogen-bond donors (Lipinski definition) is 1. The van der Waals surface area contributed by atoms with E-state index in [1.54, 1.807) is 60.7 Å². The molecule has 0 saturated heterocycles. The lowest BCUT2D eigenvalue weighted by Crippen LogP contribution is -2.65. The van der Waals surface area contributed by atoms with E-state index in [0.29, 0.717) is 17.2 Å². The zero-order valence-electron chi connectivity index (χ0n) is 19.0. The van der Waals surface area contributed by atoms with Crippen molar-refractivity contribution in [1.82, 2.24) is 5.32 Å². The van der Waals surface area contributed by atoms with Gasteiger partial charge in [-0.3, -0.25) is 5.32 Å². The molecule has 2 aromatic carbocycles. The van der Waals surface area contributed by atoms with E-state index in [4.69, 9.17) is 9.47 Å². The maximum Gasteiger partial charge on any atom is 0.417 e. The Bertz CT molecular complexity index is 841. The van der Waals surface area contributed by atoms with E-state index in [9.17, 15) is 18.0 Å². The summed E-state index contributed by atoms with van der Waals surface area (Å²) in [5, 5.41) is 2.61. The average Bonchev–Trinajstić information content (AvgIpc) is 2.72. The van der Waals surface area contributed by atoms with Crippen LogP contribution in [0.15, 0.2) is 60.7 Å². The number of carbonyl (C=O) groups is 1. The van der Waals surface area contributed by atoms with E-state index >= 15 is 0 Å². The van der Waals surface area contributed by atoms with Crippen LogP contribution in [-0.2, 0) is 20.7 Å². The fourth-order valence-electron chi connectivity index (χ4n) is 3.33. The largest absolute Gasteiger partial charge is 0.464 e. The fourth-order valence-corrected chi connectivity index (χ4v) is 4.04. The maximum absolute atomic E-state index is 14.7. The molecule has 0 fully saturated rings. The quantitative estimate of drug-likeness (QED) is 0.356. The maximum atomic E-state index is 14.7. The van der Waals surface area contributed by atoms with Gasteiger partial charge in [-0.15, -0.1) is 0 Å². The Morgan fingerprint density at radius 1 is 1.00 bits per heavy atom. The number of ether oxygens (including phenoxy) is 2. The summed E-state index contributed by atoms with van der Waals surface area (Å²) in [5.74, 6) is -1.32. The summed E-state index contributed by atoms with van der Waals surface area (Å²) in [6.45, 7) is 6.14. The van der Waals surface area contributed by atoms with Gasteiger partial charge >= 0.3 is 12.1 Å². The molecular formula is C24H32F3NO3Si. The zero-order chi connectivity index (χ0) is 23.8. The molecule has 2 rings (SSSR count). The summed E-state index contributed by atoms with van der Waals surface area (Å²) in [4.78, 5) is 13.1. The van der Waals surface area contributed by atoms with Crippen molar-refractivity contribution < 1.29 is 27.4 Å². The zero-order valence-corrected chi connectivity index (χ0v) is 20.0. The molecule has 0 aliphatic heterocycles. The lowest BCUT2D eigenvalue weighted by molar-refractivity contribution is -0.216. The molecule has 0 aromatic heterocycles. The molecule has 0 heterocycles. The number of hydrogen-bond acceptors (Lipinski definition) is 4. The van der Waals surface area contributed by atoms with Gasteiger partial charge in [0.2, 0.25) is 5.54 Å². The van der Waals surface area contributed by atoms with Crippen LogP contribution in [0.4, 0.5) is 13.2 Å². The van der Waals surface area contributed by atoms with Gasteiger partial charge in [-0.25, -0.2) is 4.79 Å². The van der Waals surface area contributed by atoms with Crippen molar-refractivity contribution in [3.8, 4) is 0 Å². The predicted molar refractivity (Wildman–Crippen MR) is 122 cm³/mol. The van der Waals surface area contributed by atoms with Gasteiger partial charge in [0.05, 0.1) is 19.3 Å². The summed E-state index contributed by atoms with van der Waals surface area (Å²) >= 11 is 0. The molecule has 2 atom stereocenters. The molecule has 2 aromatic rings. The SMILES string of the molecule is COC[C@H](N[C@@](Cc1ccccc1)(C(=O)OCC[Si](C)(C)C)C(F)(F)F)c1ccccc1. The van der Waals surface area contributed by atoms with Crippen molar-refractivity contribution in [1.29, 1.82) is 0 Å². The first kappa shape index (κ1) is 26.1. The van der Waals surface area contributed by atoms with E-state index < -0.39 is 38.2 Å². The van der Waals surface area contributed by atoms with Crippen LogP contribution in [0.2, 0.25) is 25.7 Å². The van der Waals surface area contributed by atoms with Crippen LogP contribution in [0.3, 0.4) is 0 Å². The van der Waals surface area contributed by atoms with Crippen LogP contribution in [0.1, 0.15) is 17.2 Å². The van der Waals surface area contributed by atoms with Crippen LogP contribution in [0, 0.1) is 0 Å². The minimum Gasteiger partial charge on any atom is -0.464 e. The minimum atomic E-state index is -4.90. The first-order valence-corrected chi connectivity index (χ1v) is 14.3. The first-order valence-electron chi connectivity index (χ1n) is 10.6. The second-order valence-electron chi connectivity index (χ2n) is 9.07. The molecule has 1 N–H and O–H groups in total. The number of rotatable bonds is 11. The van der Waals surface area contributed by atoms with E-state index in [2.05, 4.69) is 25.0 Å². The summed E-state index contributed by atoms with van der Waals surface area (Å²) in [6, 6.07) is 16.5. The standard InChI is InChI=1S/C24H32F3NO3Si/c1-30-18-21(20-13-9-6-10-14-20)28-23(24(25,26)27,17-19-11-7-5-8-12-19)22(29)31-15-16-32(2,3)4/h5-14,21,28H,15-18H2,1-4H3/t21-,23-/m0/s1. The molecule has 4 nitrogen and oxygen atoms in total. The third kappa shape index (κ3) is 7.18. The highest BCUT2D eigenvalue weighted by Crippen LogP contribution is 2.37. The highest BCUT2D eigenvalue weighted by Gasteiger charge is 2.62. The van der Waals surface area contributed by atoms with Gasteiger partial charge in [-0.1, -0.05) is 80.3 Å². The van der Waals surface area contributed by atoms with Crippen molar-refractivity contribution in [3.63, 3.8) is 0 Å². The van der Waals surface area contributed by atoms with E-state index in [1.807, 2.05) is 0 Å². The summed E-state index contributed by atoms with van der Waals surface area (Å²) in [7, 11) is -0.186. The molecule has 0 bridgehead atoms. The van der Waals surface area contributed by atoms with Crippen molar-refractivity contribution in [2.75, 3.05) is 20.3 Å². The van der Waals surface area contributed by atoms with Crippen molar-refractivity contribution >= 4 is 14.0 Å². The smallest absolute Gasteiger partial charge is 0.417 e. The van der Waals surface area contributed by atoms with Crippen LogP contribution in [0.5, 0.6) is 0 Å². The van der Waals surface area contributed by atoms with Gasteiger partial charge in [0.15, 0.2) is 0 Å². The Morgan fingerprint density at radius 2 is 1.56 bits per heavy atom. The van der Waals surface area contributed by atoms with E-state index in [1.165, 1.54) is 7.11 Å². The minimum absolute atomic E-state index is 0.0386. The second kappa shape index (κ2) is 11.1. The summed E-state index contributed by atoms with van der Waals surface area (Å²) in [5.41, 5.74) is -1.96. The molecule has 0 aliphatic rings. The van der Waals surface area contributed by atoms with E-state index in [-0.39, 0.29) is 13.2 Å². The Hall–Kier alpha value is -2.16. The van der Waals surface area contributed by atoms with E-state index in [0.717, 1.165) is 0 Å². The molecule has 32 heavy (non-hydrogen) atoms. The number of methoxy groups -OCH3 is 1. The van der Waals surface area contributed by atoms with Crippen molar-refractivity contribution in [2.24, 2.45) is 0 Å². The monoisotopic (exact) mass is 467 g/mol. The Balaban J connectivity index is 2.47. The lowest BCUT2D eigenvalue weighted by Gasteiger charge is -2.38. The molecule has 0 radical (unpaired) electrons. The molecule has 176 valence electrons. The Kier molecular flexibility index (Phi) is 9.06. The third-order valence-corrected chi connectivity index (χ3v) is 6.89. The molecular weight excluding hydrogens is 435 g/mol. The van der Waals surface area contributed by atoms with Gasteiger partial charge in [0, 0.05) is 21.6 Å². The van der Waals surface area contributed by atoms with Crippen molar-refractivity contribution in [2.45, 2.75) is 49.9 Å². The number of carbonyl (C=O) groups excluding carboxylic acids is 1. The highest BCUT2D eigenvalue weighted by molar-refractivity contribution is 6.76. The van der Waals surface area contributed by atoms with Gasteiger partial charge in [-0.05, 0) is 17.2 Å². The van der Waals surface area contributed by atoms with Crippen molar-refractivity contribution in [3.05, 3.63) is 71.8 Å². The Morgan fingerprint density at radius 3 is 2.06 bits per heavy atom. The molecule has 0 spiro atoms. The predicted octanol–water partition coefficient (Wildman–Crippen LogP) is 5.39. The highest BCUT2D eigenvalue weighted by atomic mass is 28.3. The molecule has 0 unspecified atom stereocenters. The van der Waals surface area contributed by atoms with Crippen LogP contribution < -0.4 is 5.32 Å². The Labute approximate surface area is 189 Å². The number of nitrogens with one attached hydrogen (secondary N) is 1. The average molecular weight is 468 g/mol. The number of benzene rings is 2. The first-order chi connectivity index (χ1) is 15.0. The molecule has 0 saturated carbocycles. The molecule has 0 amide bonds. The number of esters is 1. The van der Waals surface area contributed by atoms with Crippen LogP contribution in [-0.4, -0.2) is 46.1 Å². The molecule has 0 aliphatic carbocycles. The van der Waals surface area contributed by atoms with Crippen LogP contribution >= 0.6 is 0 Å². The molecule has 8 heteroatoms. The topological polar surface area (TPSA) is 47.6 Å². The summed E-state index contributed by atoms with van der Waals surface area (Å²) < 4.78 is 54.5. The normalized spacial score (nSPS) is 15.1. The fraction of sp³-hybridized carbons (Fsp3) is 0.458. The number of alkyl halides is 3. The van der Waals surface area contributed by atoms with Crippen LogP contribution in [0.25, 0.3) is 0 Å². The third-order valence-electron chi connectivity index (χ3n) is 5.19. The summed E-state index contributed by atoms with van der Waals surface area (Å²) in [6.07, 6.45) is -5.49. The van der Waals surface area contributed by atoms with Gasteiger partial charge in [0.1, 0.15) is 0 Å². The number of halogens is 3. The second-order valence-corrected chi connectivity index (χ2v) is 14.7. The van der Waals surface area contributed by atoms with Gasteiger partial charge < -0.3 is 9.47 Å². The van der Waals surface area contributed by atoms with Gasteiger partial charge in [-0.2, -0.15) is 13.2 Å². The van der Waals surface area contributed by atoms with Gasteiger partial charge in [0.25, 0.3) is 0 Å². The lowest BCUT2D eigenvalue weighted by atomic mass is 9.88.